The number of nitrogens with zero attached hydrogens (tertiary/aromatic N) is 10. The number of pyridine rings is 2. The van der Waals surface area contributed by atoms with Crippen LogP contribution in [0.5, 0.6) is 0 Å². The van der Waals surface area contributed by atoms with E-state index >= 15 is 0 Å². The molecule has 0 saturated heterocycles. The molecule has 2 N–H and O–H groups in total. The number of aromatic nitrogens is 8. The predicted molar refractivity (Wildman–Crippen MR) is 254 cm³/mol. The van der Waals surface area contributed by atoms with E-state index in [1.807, 2.05) is 128 Å². The summed E-state index contributed by atoms with van der Waals surface area (Å²) in [6, 6.07) is 8.64. The number of hydrogen-bond acceptors (Lipinski definition) is 10. The van der Waals surface area contributed by atoms with E-state index in [2.05, 4.69) is 77.8 Å². The minimum absolute atomic E-state index is 0.543. The molecular formula is C48H68N12. The van der Waals surface area contributed by atoms with Crippen LogP contribution in [0.25, 0.3) is 33.5 Å². The van der Waals surface area contributed by atoms with E-state index in [1.54, 1.807) is 46.9 Å². The average Bonchev–Trinajstić information content (AvgIpc) is 3.96. The summed E-state index contributed by atoms with van der Waals surface area (Å²) in [6.45, 7) is 26.5. The lowest BCUT2D eigenvalue weighted by Crippen LogP contribution is -2.23. The van der Waals surface area contributed by atoms with Gasteiger partial charge in [0.1, 0.15) is 0 Å². The number of aliphatic imine (C=N–C) groups is 2. The van der Waals surface area contributed by atoms with Crippen molar-refractivity contribution in [2.45, 2.75) is 87.1 Å². The molecule has 1 atom stereocenters. The topological polar surface area (TPSA) is 135 Å². The molecule has 0 radical (unpaired) electrons. The standard InChI is InChI=1S/2C12H10N4.C10H18N2.C7H16N2.C5H8.C2H6/c2*1-9-6-15-16-8-11(7-14-12(9)16)10-2-4-13-5-3-10;1-3-6-11-7-9(2)8-12-10-4-5-10;1-3-5-9-7-4-6-8-2;1-4-5(2)3;1-2/h2*2-8H,1H3;3,6-7,9-10,12H,4-5,8H2,1-2H3;6,9H,3-5,7H2,1-2H3;4H,1-2H2,3H3;1-2H3/b;;6-3-,11-7?;;;. The van der Waals surface area contributed by atoms with Crippen molar-refractivity contribution in [2.75, 3.05) is 26.7 Å². The second-order valence-electron chi connectivity index (χ2n) is 13.8. The molecule has 1 saturated carbocycles. The minimum Gasteiger partial charge on any atom is -0.316 e. The third-order valence-electron chi connectivity index (χ3n) is 8.38. The Kier molecular flexibility index (Phi) is 25.2. The van der Waals surface area contributed by atoms with Crippen molar-refractivity contribution in [3.63, 3.8) is 0 Å². The van der Waals surface area contributed by atoms with Crippen molar-refractivity contribution in [3.05, 3.63) is 134 Å². The number of allylic oxidation sites excluding steroid dienone is 3. The summed E-state index contributed by atoms with van der Waals surface area (Å²) in [5.74, 6) is 0.543. The zero-order valence-corrected chi connectivity index (χ0v) is 37.5. The zero-order valence-electron chi connectivity index (χ0n) is 37.5. The predicted octanol–water partition coefficient (Wildman–Crippen LogP) is 10.0. The molecule has 0 aromatic carbocycles. The first-order valence-corrected chi connectivity index (χ1v) is 20.9. The molecule has 320 valence electrons. The summed E-state index contributed by atoms with van der Waals surface area (Å²) in [7, 11) is 1.81. The zero-order chi connectivity index (χ0) is 44.0. The maximum atomic E-state index is 4.40. The molecule has 6 aromatic heterocycles. The van der Waals surface area contributed by atoms with Gasteiger partial charge in [-0.15, -0.1) is 0 Å². The van der Waals surface area contributed by atoms with Gasteiger partial charge in [-0.3, -0.25) is 15.0 Å². The van der Waals surface area contributed by atoms with Crippen molar-refractivity contribution >= 4 is 23.7 Å². The Morgan fingerprint density at radius 1 is 0.850 bits per heavy atom. The molecule has 0 bridgehead atoms. The summed E-state index contributed by atoms with van der Waals surface area (Å²) in [6.07, 6.45) is 32.8. The van der Waals surface area contributed by atoms with E-state index in [0.29, 0.717) is 5.92 Å². The average molecular weight is 813 g/mol. The molecule has 0 spiro atoms. The van der Waals surface area contributed by atoms with E-state index in [1.165, 1.54) is 19.3 Å². The first-order valence-electron chi connectivity index (χ1n) is 20.9. The fourth-order valence-corrected chi connectivity index (χ4v) is 4.95. The Morgan fingerprint density at radius 3 is 1.77 bits per heavy atom. The molecule has 12 nitrogen and oxygen atoms in total. The first kappa shape index (κ1) is 50.2. The van der Waals surface area contributed by atoms with E-state index < -0.39 is 0 Å². The Bertz CT molecular complexity index is 2030. The fraction of sp³-hybridized carbons (Fsp3) is 0.375. The van der Waals surface area contributed by atoms with Crippen LogP contribution in [-0.4, -0.2) is 84.3 Å². The smallest absolute Gasteiger partial charge is 0.157 e. The quantitative estimate of drug-likeness (QED) is 0.0669. The third-order valence-corrected chi connectivity index (χ3v) is 8.38. The van der Waals surface area contributed by atoms with E-state index in [9.17, 15) is 0 Å². The van der Waals surface area contributed by atoms with Gasteiger partial charge in [-0.25, -0.2) is 19.0 Å². The monoisotopic (exact) mass is 813 g/mol. The van der Waals surface area contributed by atoms with Crippen molar-refractivity contribution in [2.24, 2.45) is 15.9 Å². The van der Waals surface area contributed by atoms with Gasteiger partial charge in [0.25, 0.3) is 0 Å². The summed E-state index contributed by atoms with van der Waals surface area (Å²) < 4.78 is 3.59. The lowest BCUT2D eigenvalue weighted by Gasteiger charge is -2.05. The first-order chi connectivity index (χ1) is 29.2. The van der Waals surface area contributed by atoms with Gasteiger partial charge >= 0.3 is 0 Å². The van der Waals surface area contributed by atoms with Crippen LogP contribution in [0.2, 0.25) is 0 Å². The molecule has 60 heavy (non-hydrogen) atoms. The second kappa shape index (κ2) is 30.1. The molecule has 0 aliphatic heterocycles. The van der Waals surface area contributed by atoms with E-state index in [-0.39, 0.29) is 0 Å². The third kappa shape index (κ3) is 19.6. The molecule has 12 heteroatoms. The van der Waals surface area contributed by atoms with Crippen LogP contribution in [0.4, 0.5) is 0 Å². The van der Waals surface area contributed by atoms with Crippen LogP contribution in [0.15, 0.2) is 133 Å². The number of nitrogens with one attached hydrogen (secondary N) is 2. The Morgan fingerprint density at radius 2 is 1.35 bits per heavy atom. The maximum Gasteiger partial charge on any atom is 0.157 e. The maximum absolute atomic E-state index is 4.40. The van der Waals surface area contributed by atoms with Gasteiger partial charge in [-0.1, -0.05) is 58.6 Å². The molecule has 1 aliphatic carbocycles. The number of aryl methyl sites for hydroxylation is 2. The largest absolute Gasteiger partial charge is 0.316 e. The lowest BCUT2D eigenvalue weighted by molar-refractivity contribution is 0.618. The fourth-order valence-electron chi connectivity index (χ4n) is 4.95. The minimum atomic E-state index is 0.543. The van der Waals surface area contributed by atoms with E-state index in [4.69, 9.17) is 0 Å². The SMILES string of the molecule is C/C=C\N=CC(C)CNC1CC1.C=CC(=C)C.CC.CCCNCCC=NC.Cc1cnn2cc(-c3ccncc3)cnc12.Cc1cnn2cc(-c3ccncc3)cnc12. The van der Waals surface area contributed by atoms with Crippen molar-refractivity contribution < 1.29 is 0 Å². The highest BCUT2D eigenvalue weighted by molar-refractivity contribution is 5.64. The number of rotatable bonds is 13. The van der Waals surface area contributed by atoms with Gasteiger partial charge in [0.2, 0.25) is 0 Å². The molecular weight excluding hydrogens is 745 g/mol. The van der Waals surface area contributed by atoms with Crippen LogP contribution in [0.1, 0.15) is 78.4 Å². The van der Waals surface area contributed by atoms with Gasteiger partial charge in [0.05, 0.1) is 12.4 Å². The summed E-state index contributed by atoms with van der Waals surface area (Å²) in [5.41, 5.74) is 9.26. The van der Waals surface area contributed by atoms with Crippen LogP contribution >= 0.6 is 0 Å². The summed E-state index contributed by atoms with van der Waals surface area (Å²) in [4.78, 5) is 24.8. The molecule has 6 heterocycles. The van der Waals surface area contributed by atoms with Crippen LogP contribution in [0.3, 0.4) is 0 Å². The molecule has 6 aromatic rings. The van der Waals surface area contributed by atoms with Crippen LogP contribution in [0, 0.1) is 19.8 Å². The Balaban J connectivity index is 0.000000267. The van der Waals surface area contributed by atoms with E-state index in [0.717, 1.165) is 82.3 Å². The van der Waals surface area contributed by atoms with Crippen molar-refractivity contribution in [3.8, 4) is 22.3 Å². The molecule has 1 fully saturated rings. The Labute approximate surface area is 358 Å². The number of fused-ring (bicyclic) bond motifs is 2. The molecule has 1 unspecified atom stereocenters. The highest BCUT2D eigenvalue weighted by Crippen LogP contribution is 2.20. The highest BCUT2D eigenvalue weighted by atomic mass is 15.2. The number of hydrogen-bond donors (Lipinski definition) is 2. The van der Waals surface area contributed by atoms with Gasteiger partial charge < -0.3 is 15.6 Å². The molecule has 0 amide bonds. The molecule has 1 aliphatic rings. The van der Waals surface area contributed by atoms with Crippen molar-refractivity contribution in [1.82, 2.24) is 49.8 Å². The molecule has 7 rings (SSSR count). The van der Waals surface area contributed by atoms with Crippen LogP contribution in [-0.2, 0) is 0 Å². The van der Waals surface area contributed by atoms with Crippen molar-refractivity contribution in [1.29, 1.82) is 0 Å². The lowest BCUT2D eigenvalue weighted by atomic mass is 10.1. The second-order valence-corrected chi connectivity index (χ2v) is 13.8. The summed E-state index contributed by atoms with van der Waals surface area (Å²) in [5, 5.41) is 15.2. The summed E-state index contributed by atoms with van der Waals surface area (Å²) >= 11 is 0. The normalized spacial score (nSPS) is 12.2. The Hall–Kier alpha value is -5.98. The van der Waals surface area contributed by atoms with Gasteiger partial charge in [0.15, 0.2) is 11.3 Å². The highest BCUT2D eigenvalue weighted by Gasteiger charge is 2.20. The van der Waals surface area contributed by atoms with Gasteiger partial charge in [-0.05, 0) is 102 Å². The van der Waals surface area contributed by atoms with Gasteiger partial charge in [0, 0.05) is 116 Å². The van der Waals surface area contributed by atoms with Gasteiger partial charge in [-0.2, -0.15) is 10.2 Å². The van der Waals surface area contributed by atoms with Crippen LogP contribution < -0.4 is 10.6 Å².